The van der Waals surface area contributed by atoms with E-state index < -0.39 is 11.2 Å². The first-order valence-electron chi connectivity index (χ1n) is 10.9. The highest BCUT2D eigenvalue weighted by Gasteiger charge is 2.37. The van der Waals surface area contributed by atoms with E-state index in [1.54, 1.807) is 15.8 Å². The Morgan fingerprint density at radius 3 is 2.53 bits per heavy atom. The molecule has 164 valence electrons. The highest BCUT2D eigenvalue weighted by atomic mass is 16.5. The van der Waals surface area contributed by atoms with Crippen LogP contribution in [0.3, 0.4) is 0 Å². The molecule has 0 aliphatic carbocycles. The van der Waals surface area contributed by atoms with Crippen molar-refractivity contribution in [2.75, 3.05) is 24.8 Å². The smallest absolute Gasteiger partial charge is 0.277 e. The third-order valence-electron chi connectivity index (χ3n) is 6.09. The number of fused-ring (bicyclic) bond motifs is 5. The van der Waals surface area contributed by atoms with Gasteiger partial charge in [0.1, 0.15) is 18.5 Å². The zero-order valence-electron chi connectivity index (χ0n) is 17.7. The van der Waals surface area contributed by atoms with Gasteiger partial charge in [0.2, 0.25) is 5.43 Å². The second-order valence-corrected chi connectivity index (χ2v) is 8.13. The molecule has 1 aromatic heterocycles. The summed E-state index contributed by atoms with van der Waals surface area (Å²) in [6.45, 7) is 1.47. The monoisotopic (exact) mass is 431 g/mol. The molecule has 5 rings (SSSR count). The van der Waals surface area contributed by atoms with Crippen LogP contribution in [0.25, 0.3) is 0 Å². The molecule has 2 aromatic carbocycles. The number of ether oxygens (including phenoxy) is 1. The van der Waals surface area contributed by atoms with Gasteiger partial charge in [0.15, 0.2) is 11.4 Å². The molecule has 1 atom stereocenters. The summed E-state index contributed by atoms with van der Waals surface area (Å²) in [5.74, 6) is -0.0577. The second kappa shape index (κ2) is 8.42. The van der Waals surface area contributed by atoms with Gasteiger partial charge in [-0.15, -0.1) is 0 Å². The van der Waals surface area contributed by atoms with Crippen LogP contribution in [-0.4, -0.2) is 40.4 Å². The second-order valence-electron chi connectivity index (χ2n) is 8.13. The highest BCUT2D eigenvalue weighted by molar-refractivity contribution is 5.96. The molecule has 0 saturated carbocycles. The Kier molecular flexibility index (Phi) is 5.31. The minimum Gasteiger partial charge on any atom is -0.502 e. The van der Waals surface area contributed by atoms with E-state index in [0.717, 1.165) is 36.1 Å². The Labute approximate surface area is 186 Å². The van der Waals surface area contributed by atoms with Crippen LogP contribution >= 0.6 is 0 Å². The third-order valence-corrected chi connectivity index (χ3v) is 6.09. The van der Waals surface area contributed by atoms with E-state index in [4.69, 9.17) is 4.74 Å². The first-order chi connectivity index (χ1) is 15.6. The van der Waals surface area contributed by atoms with Crippen LogP contribution < -0.4 is 15.2 Å². The van der Waals surface area contributed by atoms with Gasteiger partial charge in [-0.3, -0.25) is 19.3 Å². The van der Waals surface area contributed by atoms with Crippen LogP contribution in [0, 0.1) is 0 Å². The predicted octanol–water partition coefficient (Wildman–Crippen LogP) is 3.26. The third kappa shape index (κ3) is 3.49. The standard InChI is InChI=1S/C25H25N3O4/c29-20-13-15-27-23(24(20)30)25(31)26-14-7-2-8-16-32-21-12-6-5-11-19(21)22(28(27)17-26)18-9-3-1-4-10-18/h1,3-6,9-13,15,22,30H,2,7-8,14,16-17H2. The Morgan fingerprint density at radius 2 is 1.69 bits per heavy atom. The number of carbonyl (C=O) groups is 1. The molecule has 2 bridgehead atoms. The van der Waals surface area contributed by atoms with Gasteiger partial charge in [0.05, 0.1) is 6.61 Å². The average Bonchev–Trinajstić information content (AvgIpc) is 2.81. The molecule has 32 heavy (non-hydrogen) atoms. The first-order valence-corrected chi connectivity index (χ1v) is 10.9. The van der Waals surface area contributed by atoms with Crippen molar-refractivity contribution >= 4 is 5.91 Å². The van der Waals surface area contributed by atoms with E-state index in [2.05, 4.69) is 0 Å². The number of amides is 1. The molecular formula is C25H25N3O4. The van der Waals surface area contributed by atoms with Crippen molar-refractivity contribution in [1.29, 1.82) is 0 Å². The van der Waals surface area contributed by atoms with Gasteiger partial charge in [-0.2, -0.15) is 0 Å². The van der Waals surface area contributed by atoms with Crippen molar-refractivity contribution in [3.05, 3.63) is 93.9 Å². The van der Waals surface area contributed by atoms with Crippen molar-refractivity contribution in [2.24, 2.45) is 0 Å². The van der Waals surface area contributed by atoms with Crippen molar-refractivity contribution in [1.82, 2.24) is 9.58 Å². The minimum atomic E-state index is -0.562. The summed E-state index contributed by atoms with van der Waals surface area (Å²) in [5.41, 5.74) is 1.41. The summed E-state index contributed by atoms with van der Waals surface area (Å²) in [4.78, 5) is 27.2. The van der Waals surface area contributed by atoms with Gasteiger partial charge < -0.3 is 14.7 Å². The largest absolute Gasteiger partial charge is 0.502 e. The predicted molar refractivity (Wildman–Crippen MR) is 121 cm³/mol. The normalized spacial score (nSPS) is 18.6. The van der Waals surface area contributed by atoms with Crippen LogP contribution in [0.1, 0.15) is 46.9 Å². The quantitative estimate of drug-likeness (QED) is 0.640. The first kappa shape index (κ1) is 20.2. The molecule has 2 aliphatic heterocycles. The van der Waals surface area contributed by atoms with Crippen molar-refractivity contribution < 1.29 is 14.6 Å². The number of carbonyl (C=O) groups excluding carboxylic acids is 1. The number of rotatable bonds is 1. The fourth-order valence-corrected chi connectivity index (χ4v) is 4.51. The summed E-state index contributed by atoms with van der Waals surface area (Å²) in [5, 5.41) is 12.6. The molecule has 1 unspecified atom stereocenters. The maximum absolute atomic E-state index is 13.3. The van der Waals surface area contributed by atoms with Gasteiger partial charge >= 0.3 is 0 Å². The summed E-state index contributed by atoms with van der Waals surface area (Å²) in [6, 6.07) is 18.9. The van der Waals surface area contributed by atoms with Gasteiger partial charge in [0.25, 0.3) is 5.91 Å². The van der Waals surface area contributed by atoms with Crippen LogP contribution in [0.15, 0.2) is 71.7 Å². The maximum atomic E-state index is 13.3. The highest BCUT2D eigenvalue weighted by Crippen LogP contribution is 2.36. The van der Waals surface area contributed by atoms with E-state index in [0.29, 0.717) is 19.8 Å². The minimum absolute atomic E-state index is 0.000130. The van der Waals surface area contributed by atoms with Crippen molar-refractivity contribution in [2.45, 2.75) is 25.3 Å². The summed E-state index contributed by atoms with van der Waals surface area (Å²) in [6.07, 6.45) is 4.19. The van der Waals surface area contributed by atoms with Crippen LogP contribution in [-0.2, 0) is 0 Å². The summed E-state index contributed by atoms with van der Waals surface area (Å²) < 4.78 is 7.81. The lowest BCUT2D eigenvalue weighted by Gasteiger charge is -2.44. The maximum Gasteiger partial charge on any atom is 0.277 e. The molecule has 7 heteroatoms. The molecule has 1 N–H and O–H groups in total. The number of hydrogen-bond acceptors (Lipinski definition) is 5. The van der Waals surface area contributed by atoms with E-state index in [1.165, 1.54) is 6.07 Å². The van der Waals surface area contributed by atoms with Gasteiger partial charge in [-0.1, -0.05) is 48.5 Å². The Hall–Kier alpha value is -3.74. The lowest BCUT2D eigenvalue weighted by molar-refractivity contribution is 0.0674. The molecular weight excluding hydrogens is 406 g/mol. The van der Waals surface area contributed by atoms with Gasteiger partial charge in [0, 0.05) is 24.4 Å². The van der Waals surface area contributed by atoms with E-state index in [9.17, 15) is 14.7 Å². The fraction of sp³-hybridized carbons (Fsp3) is 0.280. The number of aromatic hydroxyl groups is 1. The van der Waals surface area contributed by atoms with E-state index in [-0.39, 0.29) is 17.6 Å². The van der Waals surface area contributed by atoms with Crippen molar-refractivity contribution in [3.63, 3.8) is 0 Å². The molecule has 7 nitrogen and oxygen atoms in total. The molecule has 0 fully saturated rings. The SMILES string of the molecule is O=C1c2c(O)c(=O)ccn2N2CN1CCCCCOc1ccccc1C2c1ccccc1. The topological polar surface area (TPSA) is 75.0 Å². The number of para-hydroxylation sites is 1. The summed E-state index contributed by atoms with van der Waals surface area (Å²) >= 11 is 0. The van der Waals surface area contributed by atoms with Crippen LogP contribution in [0.2, 0.25) is 0 Å². The number of pyridine rings is 1. The molecule has 0 saturated heterocycles. The summed E-state index contributed by atoms with van der Waals surface area (Å²) in [7, 11) is 0. The molecule has 0 radical (unpaired) electrons. The van der Waals surface area contributed by atoms with Gasteiger partial charge in [-0.25, -0.2) is 0 Å². The molecule has 2 aliphatic rings. The van der Waals surface area contributed by atoms with Crippen LogP contribution in [0.4, 0.5) is 0 Å². The lowest BCUT2D eigenvalue weighted by atomic mass is 9.97. The Balaban J connectivity index is 1.76. The average molecular weight is 431 g/mol. The van der Waals surface area contributed by atoms with E-state index >= 15 is 0 Å². The van der Waals surface area contributed by atoms with Crippen LogP contribution in [0.5, 0.6) is 11.5 Å². The van der Waals surface area contributed by atoms with E-state index in [1.807, 2.05) is 59.6 Å². The lowest BCUT2D eigenvalue weighted by Crippen LogP contribution is -2.55. The molecule has 3 heterocycles. The zero-order valence-corrected chi connectivity index (χ0v) is 17.7. The fourth-order valence-electron chi connectivity index (χ4n) is 4.51. The Morgan fingerprint density at radius 1 is 0.906 bits per heavy atom. The molecule has 0 spiro atoms. The zero-order chi connectivity index (χ0) is 22.1. The van der Waals surface area contributed by atoms with Gasteiger partial charge in [-0.05, 0) is 30.9 Å². The molecule has 3 aromatic rings. The number of aromatic nitrogens is 1. The Bertz CT molecular complexity index is 1190. The number of nitrogens with zero attached hydrogens (tertiary/aromatic N) is 3. The number of benzene rings is 2. The number of hydrogen-bond donors (Lipinski definition) is 1. The molecule has 1 amide bonds. The van der Waals surface area contributed by atoms with Crippen molar-refractivity contribution in [3.8, 4) is 11.5 Å².